The van der Waals surface area contributed by atoms with Gasteiger partial charge >= 0.3 is 58.4 Å². The fourth-order valence-corrected chi connectivity index (χ4v) is 1.42. The molecule has 0 radical (unpaired) electrons. The summed E-state index contributed by atoms with van der Waals surface area (Å²) in [6, 6.07) is 0. The zero-order valence-corrected chi connectivity index (χ0v) is 12.3. The SMILES string of the molecule is C=C(CN1CCOC(C)C1)[B-](F)(F)F.[K+]. The minimum atomic E-state index is -4.89. The molecule has 2 nitrogen and oxygen atoms in total. The maximum Gasteiger partial charge on any atom is 1.00 e. The molecule has 0 aliphatic carbocycles. The van der Waals surface area contributed by atoms with Crippen molar-refractivity contribution in [2.24, 2.45) is 0 Å². The molecule has 0 saturated carbocycles. The van der Waals surface area contributed by atoms with Crippen molar-refractivity contribution in [2.75, 3.05) is 26.2 Å². The largest absolute Gasteiger partial charge is 1.00 e. The predicted molar refractivity (Wildman–Crippen MR) is 50.1 cm³/mol. The van der Waals surface area contributed by atoms with Crippen LogP contribution in [0, 0.1) is 0 Å². The van der Waals surface area contributed by atoms with E-state index in [1.54, 1.807) is 4.90 Å². The van der Waals surface area contributed by atoms with Crippen molar-refractivity contribution in [1.29, 1.82) is 0 Å². The first kappa shape index (κ1) is 16.2. The number of ether oxygens (including phenoxy) is 1. The normalized spacial score (nSPS) is 23.3. The summed E-state index contributed by atoms with van der Waals surface area (Å²) in [6.07, 6.45) is 0.0114. The van der Waals surface area contributed by atoms with Crippen LogP contribution in [0.4, 0.5) is 12.9 Å². The summed E-state index contributed by atoms with van der Waals surface area (Å²) in [5, 5.41) is 0. The van der Waals surface area contributed by atoms with Gasteiger partial charge in [0.2, 0.25) is 0 Å². The molecule has 1 fully saturated rings. The van der Waals surface area contributed by atoms with Crippen LogP contribution in [-0.4, -0.2) is 44.2 Å². The first-order chi connectivity index (χ1) is 6.39. The standard InChI is InChI=1S/C8H14BF3NO.K/c1-7(9(10,11)12)5-13-3-4-14-8(2)6-13;/h8H,1,3-6H2,2H3;/q-1;+1. The van der Waals surface area contributed by atoms with E-state index in [0.717, 1.165) is 0 Å². The molecule has 0 aromatic rings. The van der Waals surface area contributed by atoms with E-state index in [0.29, 0.717) is 19.7 Å². The Labute approximate surface area is 131 Å². The van der Waals surface area contributed by atoms with Crippen molar-refractivity contribution < 1.29 is 69.1 Å². The van der Waals surface area contributed by atoms with Crippen LogP contribution in [0.25, 0.3) is 0 Å². The van der Waals surface area contributed by atoms with Crippen LogP contribution < -0.4 is 51.4 Å². The van der Waals surface area contributed by atoms with E-state index in [1.807, 2.05) is 6.92 Å². The van der Waals surface area contributed by atoms with Gasteiger partial charge in [-0.2, -0.15) is 0 Å². The third kappa shape index (κ3) is 5.86. The van der Waals surface area contributed by atoms with Gasteiger partial charge in [0, 0.05) is 13.1 Å². The molecule has 15 heavy (non-hydrogen) atoms. The smallest absolute Gasteiger partial charge is 0.445 e. The summed E-state index contributed by atoms with van der Waals surface area (Å²) in [6.45, 7) is 1.54. The fourth-order valence-electron chi connectivity index (χ4n) is 1.42. The van der Waals surface area contributed by atoms with Gasteiger partial charge in [-0.25, -0.2) is 0 Å². The molecule has 0 spiro atoms. The van der Waals surface area contributed by atoms with Gasteiger partial charge in [-0.05, 0) is 13.5 Å². The summed E-state index contributed by atoms with van der Waals surface area (Å²) >= 11 is 0. The van der Waals surface area contributed by atoms with E-state index in [2.05, 4.69) is 6.58 Å². The van der Waals surface area contributed by atoms with Gasteiger partial charge in [-0.15, -0.1) is 12.1 Å². The number of nitrogens with zero attached hydrogens (tertiary/aromatic N) is 1. The first-order valence-corrected chi connectivity index (χ1v) is 4.61. The first-order valence-electron chi connectivity index (χ1n) is 4.61. The van der Waals surface area contributed by atoms with Crippen molar-refractivity contribution in [3.05, 3.63) is 12.1 Å². The monoisotopic (exact) mass is 247 g/mol. The minimum absolute atomic E-state index is 0. The Morgan fingerprint density at radius 1 is 1.53 bits per heavy atom. The van der Waals surface area contributed by atoms with Gasteiger partial charge in [0.25, 0.3) is 0 Å². The van der Waals surface area contributed by atoms with Gasteiger partial charge in [-0.3, -0.25) is 4.90 Å². The van der Waals surface area contributed by atoms with Crippen molar-refractivity contribution in [2.45, 2.75) is 13.0 Å². The molecule has 0 aromatic heterocycles. The van der Waals surface area contributed by atoms with E-state index < -0.39 is 12.4 Å². The van der Waals surface area contributed by atoms with Crippen LogP contribution in [0.15, 0.2) is 12.1 Å². The Morgan fingerprint density at radius 2 is 2.13 bits per heavy atom. The van der Waals surface area contributed by atoms with Crippen LogP contribution in [0.1, 0.15) is 6.92 Å². The van der Waals surface area contributed by atoms with Crippen LogP contribution >= 0.6 is 0 Å². The summed E-state index contributed by atoms with van der Waals surface area (Å²) in [5.41, 5.74) is -0.626. The van der Waals surface area contributed by atoms with Crippen molar-refractivity contribution in [1.82, 2.24) is 4.90 Å². The Morgan fingerprint density at radius 3 is 2.60 bits per heavy atom. The van der Waals surface area contributed by atoms with Crippen molar-refractivity contribution >= 4 is 6.98 Å². The Bertz CT molecular complexity index is 224. The minimum Gasteiger partial charge on any atom is -0.445 e. The molecule has 1 aliphatic rings. The average molecular weight is 247 g/mol. The molecular formula is C8H14BF3KNO. The summed E-state index contributed by atoms with van der Waals surface area (Å²) in [7, 11) is 0. The second-order valence-electron chi connectivity index (χ2n) is 3.65. The van der Waals surface area contributed by atoms with Crippen molar-refractivity contribution in [3.63, 3.8) is 0 Å². The molecule has 0 amide bonds. The number of rotatable bonds is 3. The second kappa shape index (κ2) is 6.78. The molecule has 82 valence electrons. The third-order valence-corrected chi connectivity index (χ3v) is 2.21. The quantitative estimate of drug-likeness (QED) is 0.572. The van der Waals surface area contributed by atoms with Crippen LogP contribution in [0.3, 0.4) is 0 Å². The molecule has 1 rings (SSSR count). The van der Waals surface area contributed by atoms with Crippen LogP contribution in [-0.2, 0) is 4.74 Å². The molecule has 0 N–H and O–H groups in total. The van der Waals surface area contributed by atoms with Gasteiger partial charge in [-0.1, -0.05) is 0 Å². The van der Waals surface area contributed by atoms with Gasteiger partial charge in [0.15, 0.2) is 0 Å². The van der Waals surface area contributed by atoms with Crippen LogP contribution in [0.5, 0.6) is 0 Å². The van der Waals surface area contributed by atoms with Crippen molar-refractivity contribution in [3.8, 4) is 0 Å². The average Bonchev–Trinajstić information content (AvgIpc) is 2.02. The zero-order valence-electron chi connectivity index (χ0n) is 9.18. The van der Waals surface area contributed by atoms with E-state index in [9.17, 15) is 12.9 Å². The maximum atomic E-state index is 12.2. The fraction of sp³-hybridized carbons (Fsp3) is 0.750. The number of halogens is 3. The van der Waals surface area contributed by atoms with E-state index in [4.69, 9.17) is 4.74 Å². The Kier molecular flexibility index (Phi) is 7.30. The molecule has 1 atom stereocenters. The maximum absolute atomic E-state index is 12.2. The van der Waals surface area contributed by atoms with E-state index in [-0.39, 0.29) is 64.0 Å². The van der Waals surface area contributed by atoms with E-state index in [1.165, 1.54) is 0 Å². The molecule has 0 aromatic carbocycles. The third-order valence-electron chi connectivity index (χ3n) is 2.21. The number of hydrogen-bond donors (Lipinski definition) is 0. The topological polar surface area (TPSA) is 12.5 Å². The Hall–Kier alpha value is 1.15. The predicted octanol–water partition coefficient (Wildman–Crippen LogP) is -1.35. The summed E-state index contributed by atoms with van der Waals surface area (Å²) in [4.78, 5) is 1.73. The molecule has 1 unspecified atom stereocenters. The molecule has 7 heteroatoms. The van der Waals surface area contributed by atoms with Gasteiger partial charge < -0.3 is 17.7 Å². The molecular weight excluding hydrogens is 233 g/mol. The number of morpholine rings is 1. The molecule has 1 heterocycles. The second-order valence-corrected chi connectivity index (χ2v) is 3.65. The van der Waals surface area contributed by atoms with E-state index >= 15 is 0 Å². The van der Waals surface area contributed by atoms with Gasteiger partial charge in [0.05, 0.1) is 12.7 Å². The summed E-state index contributed by atoms with van der Waals surface area (Å²) in [5.74, 6) is 0. The molecule has 1 aliphatic heterocycles. The summed E-state index contributed by atoms with van der Waals surface area (Å²) < 4.78 is 41.8. The molecule has 1 saturated heterocycles. The van der Waals surface area contributed by atoms with Gasteiger partial charge in [0.1, 0.15) is 0 Å². The van der Waals surface area contributed by atoms with Crippen LogP contribution in [0.2, 0.25) is 0 Å². The number of hydrogen-bond acceptors (Lipinski definition) is 2. The molecule has 0 bridgehead atoms. The Balaban J connectivity index is 0.00000196. The zero-order chi connectivity index (χ0) is 10.8.